The molecule has 2 saturated carbocycles. The Morgan fingerprint density at radius 1 is 0.714 bits per heavy atom. The lowest BCUT2D eigenvalue weighted by Gasteiger charge is -2.43. The van der Waals surface area contributed by atoms with Gasteiger partial charge >= 0.3 is 0 Å². The van der Waals surface area contributed by atoms with Crippen LogP contribution in [0.25, 0.3) is 0 Å². The molecule has 0 radical (unpaired) electrons. The molecule has 0 heterocycles. The van der Waals surface area contributed by atoms with E-state index in [4.69, 9.17) is 0 Å². The summed E-state index contributed by atoms with van der Waals surface area (Å²) in [5, 5.41) is 0. The van der Waals surface area contributed by atoms with Crippen molar-refractivity contribution in [3.8, 4) is 0 Å². The Morgan fingerprint density at radius 2 is 1.29 bits per heavy atom. The van der Waals surface area contributed by atoms with Gasteiger partial charge in [0, 0.05) is 21.3 Å². The normalized spacial score (nSPS) is 32.3. The molecule has 0 aromatic carbocycles. The molecule has 1 atom stereocenters. The summed E-state index contributed by atoms with van der Waals surface area (Å²) in [6, 6.07) is 0. The summed E-state index contributed by atoms with van der Waals surface area (Å²) < 4.78 is 13.1. The smallest absolute Gasteiger partial charge is 0.0459 e. The highest BCUT2D eigenvalue weighted by Gasteiger charge is 2.41. The molecule has 0 spiro atoms. The van der Waals surface area contributed by atoms with Crippen molar-refractivity contribution in [2.75, 3.05) is 5.75 Å². The summed E-state index contributed by atoms with van der Waals surface area (Å²) in [7, 11) is -0.610. The van der Waals surface area contributed by atoms with Crippen molar-refractivity contribution in [2.24, 2.45) is 17.8 Å². The first-order chi connectivity index (χ1) is 13.6. The number of hydrogen-bond donors (Lipinski definition) is 0. The molecular weight excluding hydrogens is 360 g/mol. The van der Waals surface area contributed by atoms with E-state index in [1.807, 2.05) is 0 Å². The summed E-state index contributed by atoms with van der Waals surface area (Å²) in [5.74, 6) is 3.82. The van der Waals surface area contributed by atoms with E-state index in [2.05, 4.69) is 20.8 Å². The van der Waals surface area contributed by atoms with Gasteiger partial charge in [-0.15, -0.1) is 0 Å². The second-order valence-electron chi connectivity index (χ2n) is 10.1. The summed E-state index contributed by atoms with van der Waals surface area (Å²) in [4.78, 5) is 0. The van der Waals surface area contributed by atoms with Crippen LogP contribution < -0.4 is 0 Å². The van der Waals surface area contributed by atoms with Crippen LogP contribution in [-0.2, 0) is 10.8 Å². The SMILES string of the molecule is CCCCCCCC1(S(=O)CC)CCC(C2CCC(CCCCC)CC2)CC1. The quantitative estimate of drug-likeness (QED) is 0.278. The fraction of sp³-hybridized carbons (Fsp3) is 1.00. The van der Waals surface area contributed by atoms with Crippen LogP contribution in [0.3, 0.4) is 0 Å². The molecule has 2 rings (SSSR count). The van der Waals surface area contributed by atoms with Crippen LogP contribution in [0, 0.1) is 17.8 Å². The van der Waals surface area contributed by atoms with E-state index >= 15 is 0 Å². The Hall–Kier alpha value is 0.150. The minimum Gasteiger partial charge on any atom is -0.259 e. The third-order valence-electron chi connectivity index (χ3n) is 8.20. The number of hydrogen-bond acceptors (Lipinski definition) is 1. The van der Waals surface area contributed by atoms with Crippen LogP contribution in [-0.4, -0.2) is 14.7 Å². The molecule has 0 amide bonds. The molecule has 0 N–H and O–H groups in total. The van der Waals surface area contributed by atoms with E-state index in [-0.39, 0.29) is 4.75 Å². The second-order valence-corrected chi connectivity index (χ2v) is 12.2. The molecule has 28 heavy (non-hydrogen) atoms. The van der Waals surface area contributed by atoms with Crippen molar-refractivity contribution in [1.29, 1.82) is 0 Å². The maximum Gasteiger partial charge on any atom is 0.0459 e. The molecule has 2 aliphatic rings. The van der Waals surface area contributed by atoms with Gasteiger partial charge in [-0.2, -0.15) is 0 Å². The Bertz CT molecular complexity index is 416. The van der Waals surface area contributed by atoms with Gasteiger partial charge in [0.15, 0.2) is 0 Å². The van der Waals surface area contributed by atoms with Crippen molar-refractivity contribution in [1.82, 2.24) is 0 Å². The van der Waals surface area contributed by atoms with E-state index < -0.39 is 10.8 Å². The highest BCUT2D eigenvalue weighted by Crippen LogP contribution is 2.46. The van der Waals surface area contributed by atoms with E-state index in [9.17, 15) is 4.21 Å². The standard InChI is InChI=1S/C26H50OS/c1-4-7-9-10-12-20-26(28(27)6-3)21-18-25(19-22-26)24-16-14-23(15-17-24)13-11-8-5-2/h23-25H,4-22H2,1-3H3. The Balaban J connectivity index is 1.76. The van der Waals surface area contributed by atoms with E-state index in [0.717, 1.165) is 23.5 Å². The van der Waals surface area contributed by atoms with Crippen LogP contribution >= 0.6 is 0 Å². The summed E-state index contributed by atoms with van der Waals surface area (Å²) >= 11 is 0. The maximum atomic E-state index is 13.0. The minimum absolute atomic E-state index is 0.175. The monoisotopic (exact) mass is 410 g/mol. The summed E-state index contributed by atoms with van der Waals surface area (Å²) in [5.41, 5.74) is 0. The first-order valence-corrected chi connectivity index (χ1v) is 14.4. The third kappa shape index (κ3) is 7.44. The number of unbranched alkanes of at least 4 members (excludes halogenated alkanes) is 6. The summed E-state index contributed by atoms with van der Waals surface area (Å²) in [6.45, 7) is 6.74. The molecule has 0 bridgehead atoms. The largest absolute Gasteiger partial charge is 0.259 e. The van der Waals surface area contributed by atoms with Crippen molar-refractivity contribution in [2.45, 2.75) is 141 Å². The molecular formula is C26H50OS. The van der Waals surface area contributed by atoms with E-state index in [1.165, 1.54) is 116 Å². The van der Waals surface area contributed by atoms with E-state index in [0.29, 0.717) is 0 Å². The van der Waals surface area contributed by atoms with E-state index in [1.54, 1.807) is 0 Å². The lowest BCUT2D eigenvalue weighted by Crippen LogP contribution is -2.41. The third-order valence-corrected chi connectivity index (χ3v) is 10.3. The van der Waals surface area contributed by atoms with Crippen LogP contribution in [0.4, 0.5) is 0 Å². The second kappa shape index (κ2) is 13.5. The Labute approximate surface area is 179 Å². The van der Waals surface area contributed by atoms with Gasteiger partial charge in [0.2, 0.25) is 0 Å². The van der Waals surface area contributed by atoms with Crippen molar-refractivity contribution in [3.63, 3.8) is 0 Å². The average molecular weight is 411 g/mol. The van der Waals surface area contributed by atoms with Gasteiger partial charge in [-0.3, -0.25) is 4.21 Å². The average Bonchev–Trinajstić information content (AvgIpc) is 2.74. The fourth-order valence-corrected chi connectivity index (χ4v) is 7.89. The molecule has 1 nitrogen and oxygen atoms in total. The number of rotatable bonds is 13. The Morgan fingerprint density at radius 3 is 1.89 bits per heavy atom. The van der Waals surface area contributed by atoms with Gasteiger partial charge in [-0.05, 0) is 62.7 Å². The topological polar surface area (TPSA) is 17.1 Å². The molecule has 0 aromatic heterocycles. The maximum absolute atomic E-state index is 13.0. The lowest BCUT2D eigenvalue weighted by atomic mass is 9.68. The lowest BCUT2D eigenvalue weighted by molar-refractivity contribution is 0.146. The van der Waals surface area contributed by atoms with Gasteiger partial charge < -0.3 is 0 Å². The zero-order valence-corrected chi connectivity index (χ0v) is 20.3. The first-order valence-electron chi connectivity index (χ1n) is 13.0. The highest BCUT2D eigenvalue weighted by molar-refractivity contribution is 7.86. The van der Waals surface area contributed by atoms with Gasteiger partial charge in [-0.1, -0.05) is 91.4 Å². The first kappa shape index (κ1) is 24.4. The molecule has 0 saturated heterocycles. The predicted molar refractivity (Wildman–Crippen MR) is 126 cm³/mol. The molecule has 1 unspecified atom stereocenters. The van der Waals surface area contributed by atoms with Crippen LogP contribution in [0.1, 0.15) is 136 Å². The molecule has 2 heteroatoms. The van der Waals surface area contributed by atoms with Gasteiger partial charge in [0.25, 0.3) is 0 Å². The van der Waals surface area contributed by atoms with Gasteiger partial charge in [0.05, 0.1) is 0 Å². The molecule has 2 fully saturated rings. The predicted octanol–water partition coefficient (Wildman–Crippen LogP) is 8.43. The van der Waals surface area contributed by atoms with Crippen LogP contribution in [0.15, 0.2) is 0 Å². The Kier molecular flexibility index (Phi) is 11.7. The van der Waals surface area contributed by atoms with Gasteiger partial charge in [-0.25, -0.2) is 0 Å². The van der Waals surface area contributed by atoms with Crippen molar-refractivity contribution < 1.29 is 4.21 Å². The molecule has 166 valence electrons. The fourth-order valence-electron chi connectivity index (χ4n) is 6.22. The van der Waals surface area contributed by atoms with Crippen molar-refractivity contribution >= 4 is 10.8 Å². The highest BCUT2D eigenvalue weighted by atomic mass is 32.2. The van der Waals surface area contributed by atoms with Crippen molar-refractivity contribution in [3.05, 3.63) is 0 Å². The molecule has 2 aliphatic carbocycles. The van der Waals surface area contributed by atoms with Crippen LogP contribution in [0.5, 0.6) is 0 Å². The van der Waals surface area contributed by atoms with Gasteiger partial charge in [0.1, 0.15) is 0 Å². The zero-order valence-electron chi connectivity index (χ0n) is 19.5. The molecule has 0 aliphatic heterocycles. The minimum atomic E-state index is -0.610. The zero-order chi connectivity index (χ0) is 20.2. The summed E-state index contributed by atoms with van der Waals surface area (Å²) in [6.07, 6.45) is 24.9. The molecule has 0 aromatic rings. The van der Waals surface area contributed by atoms with Crippen LogP contribution in [0.2, 0.25) is 0 Å².